The number of nitrogens with zero attached hydrogens (tertiary/aromatic N) is 1. The number of hydrogen-bond donors (Lipinski definition) is 0. The van der Waals surface area contributed by atoms with Crippen molar-refractivity contribution in [2.75, 3.05) is 0 Å². The number of aryl methyl sites for hydroxylation is 1. The second kappa shape index (κ2) is 9.13. The van der Waals surface area contributed by atoms with Gasteiger partial charge in [-0.2, -0.15) is 18.4 Å². The van der Waals surface area contributed by atoms with Crippen LogP contribution in [-0.2, 0) is 10.2 Å². The van der Waals surface area contributed by atoms with Gasteiger partial charge in [0.15, 0.2) is 11.2 Å². The topological polar surface area (TPSA) is 67.2 Å². The van der Waals surface area contributed by atoms with E-state index in [0.29, 0.717) is 5.56 Å². The Morgan fingerprint density at radius 3 is 2.03 bits per heavy atom. The van der Waals surface area contributed by atoms with E-state index in [0.717, 1.165) is 12.1 Å². The van der Waals surface area contributed by atoms with E-state index in [-0.39, 0.29) is 21.2 Å². The molecule has 0 aliphatic heterocycles. The van der Waals surface area contributed by atoms with Gasteiger partial charge < -0.3 is 4.74 Å². The predicted octanol–water partition coefficient (Wildman–Crippen LogP) is 6.85. The normalized spacial score (nSPS) is 13.8. The second-order valence-electron chi connectivity index (χ2n) is 8.30. The molecule has 2 aromatic carbocycles. The summed E-state index contributed by atoms with van der Waals surface area (Å²) in [5.74, 6) is -1.55. The fourth-order valence-electron chi connectivity index (χ4n) is 3.08. The molecular formula is C23H20Cl2F3NO3. The molecule has 0 amide bonds. The van der Waals surface area contributed by atoms with Crippen LogP contribution >= 0.6 is 23.2 Å². The minimum Gasteiger partial charge on any atom is -0.456 e. The SMILES string of the molecule is Cc1cc(C(=O)C[C@@](C#N)(c2cc(Cl)cc(Cl)c2)C(F)(F)F)ccc1C(=O)OC(C)(C)C. The third-order valence-electron chi connectivity index (χ3n) is 4.62. The number of hydrogen-bond acceptors (Lipinski definition) is 4. The number of ketones is 1. The molecule has 2 aromatic rings. The highest BCUT2D eigenvalue weighted by atomic mass is 35.5. The lowest BCUT2D eigenvalue weighted by atomic mass is 9.76. The van der Waals surface area contributed by atoms with E-state index in [1.165, 1.54) is 37.3 Å². The first-order chi connectivity index (χ1) is 14.6. The molecule has 1 atom stereocenters. The van der Waals surface area contributed by atoms with Gasteiger partial charge in [-0.15, -0.1) is 0 Å². The highest BCUT2D eigenvalue weighted by Gasteiger charge is 2.58. The lowest BCUT2D eigenvalue weighted by molar-refractivity contribution is -0.172. The van der Waals surface area contributed by atoms with Crippen molar-refractivity contribution in [3.05, 3.63) is 68.7 Å². The highest BCUT2D eigenvalue weighted by Crippen LogP contribution is 2.45. The molecule has 0 bridgehead atoms. The molecule has 0 saturated heterocycles. The zero-order chi connectivity index (χ0) is 24.5. The van der Waals surface area contributed by atoms with Gasteiger partial charge in [-0.1, -0.05) is 29.3 Å². The number of benzene rings is 2. The van der Waals surface area contributed by atoms with Gasteiger partial charge in [0.2, 0.25) is 0 Å². The zero-order valence-corrected chi connectivity index (χ0v) is 19.2. The summed E-state index contributed by atoms with van der Waals surface area (Å²) in [6.07, 6.45) is -6.27. The van der Waals surface area contributed by atoms with Crippen LogP contribution in [0.2, 0.25) is 10.0 Å². The molecule has 0 aromatic heterocycles. The van der Waals surface area contributed by atoms with Gasteiger partial charge in [0.05, 0.1) is 11.6 Å². The Bertz CT molecular complexity index is 1080. The van der Waals surface area contributed by atoms with Gasteiger partial charge in [-0.05, 0) is 69.2 Å². The summed E-state index contributed by atoms with van der Waals surface area (Å²) < 4.78 is 47.5. The Morgan fingerprint density at radius 1 is 1.03 bits per heavy atom. The van der Waals surface area contributed by atoms with E-state index in [1.807, 2.05) is 0 Å². The van der Waals surface area contributed by atoms with Crippen LogP contribution in [-0.4, -0.2) is 23.5 Å². The van der Waals surface area contributed by atoms with Crippen LogP contribution in [0.25, 0.3) is 0 Å². The summed E-state index contributed by atoms with van der Waals surface area (Å²) in [5, 5.41) is 9.36. The average molecular weight is 486 g/mol. The largest absolute Gasteiger partial charge is 0.456 e. The molecule has 0 unspecified atom stereocenters. The number of nitriles is 1. The number of Topliss-reactive ketones (excluding diaryl/α,β-unsaturated/α-hetero) is 1. The van der Waals surface area contributed by atoms with Gasteiger partial charge in [-0.3, -0.25) is 4.79 Å². The van der Waals surface area contributed by atoms with Crippen LogP contribution in [0.4, 0.5) is 13.2 Å². The average Bonchev–Trinajstić information content (AvgIpc) is 2.62. The van der Waals surface area contributed by atoms with Crippen LogP contribution in [0, 0.1) is 18.3 Å². The maximum absolute atomic E-state index is 14.1. The Labute approximate surface area is 193 Å². The van der Waals surface area contributed by atoms with Crippen LogP contribution in [0.15, 0.2) is 36.4 Å². The van der Waals surface area contributed by atoms with E-state index in [9.17, 15) is 28.0 Å². The van der Waals surface area contributed by atoms with Crippen molar-refractivity contribution in [2.24, 2.45) is 0 Å². The number of esters is 1. The molecule has 9 heteroatoms. The highest BCUT2D eigenvalue weighted by molar-refractivity contribution is 6.34. The molecular weight excluding hydrogens is 466 g/mol. The molecule has 4 nitrogen and oxygen atoms in total. The van der Waals surface area contributed by atoms with Gasteiger partial charge in [0.1, 0.15) is 5.60 Å². The summed E-state index contributed by atoms with van der Waals surface area (Å²) in [4.78, 5) is 25.1. The monoisotopic (exact) mass is 485 g/mol. The van der Waals surface area contributed by atoms with E-state index in [1.54, 1.807) is 20.8 Å². The lowest BCUT2D eigenvalue weighted by Crippen LogP contribution is -2.43. The van der Waals surface area contributed by atoms with Crippen molar-refractivity contribution in [3.8, 4) is 6.07 Å². The van der Waals surface area contributed by atoms with Gasteiger partial charge in [-0.25, -0.2) is 4.79 Å². The number of ether oxygens (including phenoxy) is 1. The minimum absolute atomic E-state index is 0.0770. The molecule has 0 fully saturated rings. The molecule has 0 heterocycles. The summed E-state index contributed by atoms with van der Waals surface area (Å²) in [6, 6.07) is 8.27. The van der Waals surface area contributed by atoms with Crippen molar-refractivity contribution in [2.45, 2.75) is 51.3 Å². The predicted molar refractivity (Wildman–Crippen MR) is 115 cm³/mol. The Hall–Kier alpha value is -2.56. The molecule has 2 rings (SSSR count). The lowest BCUT2D eigenvalue weighted by Gasteiger charge is -2.29. The number of alkyl halides is 3. The molecule has 0 aliphatic rings. The van der Waals surface area contributed by atoms with E-state index >= 15 is 0 Å². The minimum atomic E-state index is -5.09. The maximum atomic E-state index is 14.1. The quantitative estimate of drug-likeness (QED) is 0.342. The number of carbonyl (C=O) groups excluding carboxylic acids is 2. The zero-order valence-electron chi connectivity index (χ0n) is 17.7. The summed E-state index contributed by atoms with van der Waals surface area (Å²) in [6.45, 7) is 6.62. The molecule has 0 radical (unpaired) electrons. The molecule has 170 valence electrons. The summed E-state index contributed by atoms with van der Waals surface area (Å²) in [7, 11) is 0. The van der Waals surface area contributed by atoms with Gasteiger partial charge in [0, 0.05) is 22.0 Å². The van der Waals surface area contributed by atoms with Crippen LogP contribution in [0.1, 0.15) is 59.0 Å². The van der Waals surface area contributed by atoms with Crippen LogP contribution in [0.3, 0.4) is 0 Å². The first kappa shape index (κ1) is 25.7. The van der Waals surface area contributed by atoms with Crippen molar-refractivity contribution in [3.63, 3.8) is 0 Å². The summed E-state index contributed by atoms with van der Waals surface area (Å²) in [5.41, 5.74) is -3.97. The smallest absolute Gasteiger partial charge is 0.411 e. The van der Waals surface area contributed by atoms with Crippen LogP contribution < -0.4 is 0 Å². The summed E-state index contributed by atoms with van der Waals surface area (Å²) >= 11 is 11.7. The van der Waals surface area contributed by atoms with Crippen molar-refractivity contribution >= 4 is 35.0 Å². The third kappa shape index (κ3) is 5.62. The first-order valence-corrected chi connectivity index (χ1v) is 10.2. The molecule has 0 N–H and O–H groups in total. The van der Waals surface area contributed by atoms with E-state index in [2.05, 4.69) is 0 Å². The Morgan fingerprint density at radius 2 is 1.59 bits per heavy atom. The second-order valence-corrected chi connectivity index (χ2v) is 9.18. The third-order valence-corrected chi connectivity index (χ3v) is 5.06. The van der Waals surface area contributed by atoms with Gasteiger partial charge in [0.25, 0.3) is 0 Å². The molecule has 0 spiro atoms. The van der Waals surface area contributed by atoms with Crippen molar-refractivity contribution in [1.29, 1.82) is 5.26 Å². The number of halogens is 5. The van der Waals surface area contributed by atoms with Crippen molar-refractivity contribution in [1.82, 2.24) is 0 Å². The molecule has 0 aliphatic carbocycles. The Kier molecular flexibility index (Phi) is 7.33. The van der Waals surface area contributed by atoms with E-state index < -0.39 is 40.9 Å². The number of rotatable bonds is 5. The fraction of sp³-hybridized carbons (Fsp3) is 0.348. The fourth-order valence-corrected chi connectivity index (χ4v) is 3.60. The molecule has 32 heavy (non-hydrogen) atoms. The van der Waals surface area contributed by atoms with Crippen LogP contribution in [0.5, 0.6) is 0 Å². The van der Waals surface area contributed by atoms with E-state index in [4.69, 9.17) is 27.9 Å². The Balaban J connectivity index is 2.46. The van der Waals surface area contributed by atoms with Gasteiger partial charge >= 0.3 is 12.1 Å². The first-order valence-electron chi connectivity index (χ1n) is 9.41. The number of carbonyl (C=O) groups is 2. The maximum Gasteiger partial charge on any atom is 0.411 e. The standard InChI is InChI=1S/C23H20Cl2F3NO3/c1-13-7-14(5-6-18(13)20(31)32-21(2,3)4)19(30)11-22(12-29,23(26,27)28)15-8-16(24)10-17(25)9-15/h5-10H,11H2,1-4H3/t22-/m1/s1. The molecule has 0 saturated carbocycles. The van der Waals surface area contributed by atoms with Crippen molar-refractivity contribution < 1.29 is 27.5 Å².